The molecule has 0 fully saturated rings. The molecule has 0 radical (unpaired) electrons. The third-order valence-corrected chi connectivity index (χ3v) is 6.52. The number of carboxylic acids is 1. The first-order valence-corrected chi connectivity index (χ1v) is 13.8. The summed E-state index contributed by atoms with van der Waals surface area (Å²) in [5, 5.41) is 26.6. The van der Waals surface area contributed by atoms with Crippen LogP contribution in [-0.4, -0.2) is 86.0 Å². The average Bonchev–Trinajstić information content (AvgIpc) is 3.42. The number of carbonyl (C=O) groups is 5. The number of rotatable bonds is 17. The van der Waals surface area contributed by atoms with Gasteiger partial charge in [0.1, 0.15) is 23.9 Å². The van der Waals surface area contributed by atoms with Gasteiger partial charge in [0.05, 0.1) is 12.4 Å². The van der Waals surface area contributed by atoms with Crippen LogP contribution in [-0.2, 0) is 36.8 Å². The fraction of sp³-hybridized carbons (Fsp3) is 0.440. The summed E-state index contributed by atoms with van der Waals surface area (Å²) in [5.74, 6) is -3.67. The fourth-order valence-electron chi connectivity index (χ4n) is 3.68. The van der Waals surface area contributed by atoms with Gasteiger partial charge in [0.15, 0.2) is 0 Å². The van der Waals surface area contributed by atoms with Gasteiger partial charge in [-0.25, -0.2) is 9.78 Å². The number of aromatic amines is 1. The van der Waals surface area contributed by atoms with Gasteiger partial charge in [0.2, 0.25) is 23.6 Å². The molecular formula is C25H35N7O7S. The quantitative estimate of drug-likeness (QED) is 0.111. The number of hydrogen-bond acceptors (Lipinski definition) is 9. The number of nitrogens with two attached hydrogens (primary N) is 2. The van der Waals surface area contributed by atoms with Gasteiger partial charge >= 0.3 is 5.97 Å². The number of nitrogens with zero attached hydrogens (tertiary/aromatic N) is 1. The largest absolute Gasteiger partial charge is 0.508 e. The zero-order valence-electron chi connectivity index (χ0n) is 22.0. The number of hydrogen-bond donors (Lipinski definition) is 8. The number of aromatic hydroxyl groups is 1. The summed E-state index contributed by atoms with van der Waals surface area (Å²) in [5.41, 5.74) is 12.4. The van der Waals surface area contributed by atoms with Crippen LogP contribution in [0.5, 0.6) is 5.75 Å². The van der Waals surface area contributed by atoms with Crippen molar-refractivity contribution in [3.63, 3.8) is 0 Å². The maximum absolute atomic E-state index is 13.2. The van der Waals surface area contributed by atoms with Crippen molar-refractivity contribution in [3.8, 4) is 5.75 Å². The zero-order chi connectivity index (χ0) is 29.7. The lowest BCUT2D eigenvalue weighted by Crippen LogP contribution is -2.57. The number of phenolic OH excluding ortho intramolecular Hbond substituents is 1. The molecule has 0 bridgehead atoms. The van der Waals surface area contributed by atoms with E-state index in [0.717, 1.165) is 0 Å². The van der Waals surface area contributed by atoms with E-state index < -0.39 is 53.8 Å². The van der Waals surface area contributed by atoms with E-state index in [1.54, 1.807) is 0 Å². The second kappa shape index (κ2) is 16.1. The first-order chi connectivity index (χ1) is 19.0. The zero-order valence-corrected chi connectivity index (χ0v) is 22.8. The third kappa shape index (κ3) is 10.9. The van der Waals surface area contributed by atoms with Crippen molar-refractivity contribution in [3.05, 3.63) is 48.0 Å². The number of phenols is 1. The minimum absolute atomic E-state index is 0.000675. The van der Waals surface area contributed by atoms with Gasteiger partial charge in [0, 0.05) is 31.2 Å². The third-order valence-electron chi connectivity index (χ3n) is 5.88. The summed E-state index contributed by atoms with van der Waals surface area (Å²) in [6.07, 6.45) is 4.63. The molecule has 0 aliphatic heterocycles. The monoisotopic (exact) mass is 577 g/mol. The number of nitrogens with one attached hydrogen (secondary N) is 4. The Balaban J connectivity index is 2.13. The van der Waals surface area contributed by atoms with E-state index in [4.69, 9.17) is 11.5 Å². The Hall–Kier alpha value is -4.11. The van der Waals surface area contributed by atoms with Gasteiger partial charge in [0.25, 0.3) is 0 Å². The van der Waals surface area contributed by atoms with Crippen LogP contribution in [0.1, 0.15) is 30.5 Å². The highest BCUT2D eigenvalue weighted by molar-refractivity contribution is 7.98. The van der Waals surface area contributed by atoms with Crippen LogP contribution in [0.2, 0.25) is 0 Å². The molecule has 0 aliphatic rings. The second-order valence-electron chi connectivity index (χ2n) is 9.07. The number of primary amides is 1. The van der Waals surface area contributed by atoms with Crippen LogP contribution >= 0.6 is 11.8 Å². The topological polar surface area (TPSA) is 243 Å². The maximum Gasteiger partial charge on any atom is 0.326 e. The highest BCUT2D eigenvalue weighted by atomic mass is 32.2. The van der Waals surface area contributed by atoms with Crippen LogP contribution in [0.25, 0.3) is 0 Å². The van der Waals surface area contributed by atoms with Gasteiger partial charge in [-0.05, 0) is 42.5 Å². The standard InChI is InChI=1S/C25H35N7O7S/c1-40-9-8-19(30-22(35)17(26)11-15-12-28-13-29-15)24(37)31-18(6-7-21(27)34)23(36)32-20(25(38)39)10-14-2-4-16(33)5-3-14/h2-5,12-13,17-20,33H,6-11,26H2,1H3,(H2,27,34)(H,28,29)(H,30,35)(H,31,37)(H,32,36)(H,38,39). The Kier molecular flexibility index (Phi) is 12.9. The SMILES string of the molecule is CSCCC(NC(=O)C(N)Cc1cnc[nH]1)C(=O)NC(CCC(N)=O)C(=O)NC(Cc1ccc(O)cc1)C(=O)O. The summed E-state index contributed by atoms with van der Waals surface area (Å²) < 4.78 is 0. The van der Waals surface area contributed by atoms with Crippen LogP contribution in [0.3, 0.4) is 0 Å². The van der Waals surface area contributed by atoms with E-state index in [9.17, 15) is 34.2 Å². The molecule has 0 saturated heterocycles. The molecule has 4 amide bonds. The molecule has 1 aromatic carbocycles. The molecule has 10 N–H and O–H groups in total. The van der Waals surface area contributed by atoms with E-state index in [0.29, 0.717) is 17.0 Å². The minimum atomic E-state index is -1.36. The van der Waals surface area contributed by atoms with E-state index in [1.165, 1.54) is 48.6 Å². The Labute approximate surface area is 235 Å². The van der Waals surface area contributed by atoms with Crippen LogP contribution in [0, 0.1) is 0 Å². The van der Waals surface area contributed by atoms with E-state index in [2.05, 4.69) is 25.9 Å². The van der Waals surface area contributed by atoms with Crippen molar-refractivity contribution >= 4 is 41.4 Å². The molecule has 2 aromatic rings. The van der Waals surface area contributed by atoms with Crippen LogP contribution in [0.4, 0.5) is 0 Å². The maximum atomic E-state index is 13.2. The average molecular weight is 578 g/mol. The Morgan fingerprint density at radius 2 is 1.55 bits per heavy atom. The number of amides is 4. The first kappa shape index (κ1) is 32.1. The Morgan fingerprint density at radius 1 is 0.950 bits per heavy atom. The Morgan fingerprint density at radius 3 is 2.10 bits per heavy atom. The van der Waals surface area contributed by atoms with E-state index in [-0.39, 0.29) is 37.9 Å². The molecule has 0 aliphatic carbocycles. The summed E-state index contributed by atoms with van der Waals surface area (Å²) >= 11 is 1.44. The highest BCUT2D eigenvalue weighted by Crippen LogP contribution is 2.12. The van der Waals surface area contributed by atoms with E-state index in [1.807, 2.05) is 6.26 Å². The van der Waals surface area contributed by atoms with Gasteiger partial charge in [-0.3, -0.25) is 19.2 Å². The fourth-order valence-corrected chi connectivity index (χ4v) is 4.15. The minimum Gasteiger partial charge on any atom is -0.508 e. The lowest BCUT2D eigenvalue weighted by molar-refractivity contribution is -0.142. The molecule has 1 aromatic heterocycles. The molecule has 1 heterocycles. The molecule has 4 unspecified atom stereocenters. The predicted octanol–water partition coefficient (Wildman–Crippen LogP) is -1.21. The molecule has 40 heavy (non-hydrogen) atoms. The molecule has 218 valence electrons. The lowest BCUT2D eigenvalue weighted by Gasteiger charge is -2.25. The molecule has 14 nitrogen and oxygen atoms in total. The number of carboxylic acid groups (broad SMARTS) is 1. The van der Waals surface area contributed by atoms with E-state index >= 15 is 0 Å². The summed E-state index contributed by atoms with van der Waals surface area (Å²) in [4.78, 5) is 69.0. The van der Waals surface area contributed by atoms with Gasteiger partial charge < -0.3 is 42.6 Å². The molecular weight excluding hydrogens is 542 g/mol. The van der Waals surface area contributed by atoms with Crippen LogP contribution < -0.4 is 27.4 Å². The van der Waals surface area contributed by atoms with Gasteiger partial charge in [-0.2, -0.15) is 11.8 Å². The van der Waals surface area contributed by atoms with Crippen molar-refractivity contribution < 1.29 is 34.2 Å². The van der Waals surface area contributed by atoms with Crippen molar-refractivity contribution in [2.24, 2.45) is 11.5 Å². The first-order valence-electron chi connectivity index (χ1n) is 12.4. The van der Waals surface area contributed by atoms with Crippen molar-refractivity contribution in [2.75, 3.05) is 12.0 Å². The molecule has 0 spiro atoms. The lowest BCUT2D eigenvalue weighted by atomic mass is 10.0. The number of aliphatic carboxylic acids is 1. The number of aromatic nitrogens is 2. The smallest absolute Gasteiger partial charge is 0.326 e. The molecule has 4 atom stereocenters. The number of imidazole rings is 1. The van der Waals surface area contributed by atoms with Crippen LogP contribution in [0.15, 0.2) is 36.8 Å². The molecule has 2 rings (SSSR count). The van der Waals surface area contributed by atoms with Crippen molar-refractivity contribution in [1.82, 2.24) is 25.9 Å². The predicted molar refractivity (Wildman–Crippen MR) is 147 cm³/mol. The Bertz CT molecular complexity index is 1140. The molecule has 15 heteroatoms. The number of H-pyrrole nitrogens is 1. The summed E-state index contributed by atoms with van der Waals surface area (Å²) in [6.45, 7) is 0. The second-order valence-corrected chi connectivity index (χ2v) is 10.1. The molecule has 0 saturated carbocycles. The number of benzene rings is 1. The van der Waals surface area contributed by atoms with Gasteiger partial charge in [-0.1, -0.05) is 12.1 Å². The number of thioether (sulfide) groups is 1. The highest BCUT2D eigenvalue weighted by Gasteiger charge is 2.30. The summed E-state index contributed by atoms with van der Waals surface area (Å²) in [7, 11) is 0. The van der Waals surface area contributed by atoms with Gasteiger partial charge in [-0.15, -0.1) is 0 Å². The van der Waals surface area contributed by atoms with Crippen molar-refractivity contribution in [1.29, 1.82) is 0 Å². The number of carbonyl (C=O) groups excluding carboxylic acids is 4. The normalized spacial score (nSPS) is 13.8. The van der Waals surface area contributed by atoms with Crippen molar-refractivity contribution in [2.45, 2.75) is 56.3 Å². The summed E-state index contributed by atoms with van der Waals surface area (Å²) in [6, 6.07) is 1.09.